The maximum absolute atomic E-state index is 12.9. The van der Waals surface area contributed by atoms with Gasteiger partial charge in [-0.25, -0.2) is 8.60 Å². The van der Waals surface area contributed by atoms with Gasteiger partial charge < -0.3 is 0 Å². The molecule has 0 aliphatic heterocycles. The van der Waals surface area contributed by atoms with Crippen LogP contribution in [0, 0.1) is 15.9 Å². The van der Waals surface area contributed by atoms with E-state index in [4.69, 9.17) is 0 Å². The number of carbonyl (C=O) groups is 1. The van der Waals surface area contributed by atoms with E-state index >= 15 is 0 Å². The summed E-state index contributed by atoms with van der Waals surface area (Å²) in [7, 11) is -3.03. The summed E-state index contributed by atoms with van der Waals surface area (Å²) in [5.74, 6) is -1.29. The highest BCUT2D eigenvalue weighted by Crippen LogP contribution is 2.19. The van der Waals surface area contributed by atoms with Crippen LogP contribution in [0.4, 0.5) is 10.1 Å². The van der Waals surface area contributed by atoms with Gasteiger partial charge in [-0.3, -0.25) is 14.9 Å². The van der Waals surface area contributed by atoms with Crippen molar-refractivity contribution in [1.82, 2.24) is 0 Å². The van der Waals surface area contributed by atoms with E-state index in [0.29, 0.717) is 0 Å². The number of rotatable bonds is 4. The topological polar surface area (TPSA) is 89.6 Å². The summed E-state index contributed by atoms with van der Waals surface area (Å²) in [6, 6.07) is 10.7. The van der Waals surface area contributed by atoms with Crippen LogP contribution in [0.1, 0.15) is 5.56 Å². The third kappa shape index (κ3) is 4.32. The lowest BCUT2D eigenvalue weighted by Gasteiger charge is -2.02. The van der Waals surface area contributed by atoms with Crippen LogP contribution in [0.5, 0.6) is 0 Å². The number of halogens is 1. The molecule has 0 saturated heterocycles. The minimum Gasteiger partial charge on any atom is -0.267 e. The lowest BCUT2D eigenvalue weighted by Crippen LogP contribution is -2.01. The molecule has 0 aliphatic carbocycles. The minimum atomic E-state index is -3.03. The Labute approximate surface area is 138 Å². The maximum Gasteiger partial charge on any atom is 0.278 e. The van der Waals surface area contributed by atoms with Gasteiger partial charge in [0.05, 0.1) is 20.2 Å². The van der Waals surface area contributed by atoms with Gasteiger partial charge in [0.15, 0.2) is 0 Å². The van der Waals surface area contributed by atoms with E-state index in [1.54, 1.807) is 6.07 Å². The van der Waals surface area contributed by atoms with Crippen molar-refractivity contribution in [2.75, 3.05) is 6.26 Å². The fraction of sp³-hybridized carbons (Fsp3) is 0.0625. The molecular weight excluding hydrogens is 335 g/mol. The molecule has 0 saturated carbocycles. The highest BCUT2D eigenvalue weighted by molar-refractivity contribution is 7.93. The molecule has 0 N–H and O–H groups in total. The Morgan fingerprint density at radius 3 is 2.46 bits per heavy atom. The average Bonchev–Trinajstić information content (AvgIpc) is 2.53. The number of para-hydroxylation sites is 1. The molecule has 0 heterocycles. The molecule has 0 fully saturated rings. The normalized spacial score (nSPS) is 13.4. The Balaban J connectivity index is 2.28. The Morgan fingerprint density at radius 2 is 1.83 bits per heavy atom. The van der Waals surface area contributed by atoms with Crippen LogP contribution in [0.2, 0.25) is 0 Å². The average molecular weight is 348 g/mol. The summed E-state index contributed by atoms with van der Waals surface area (Å²) < 4.78 is 28.9. The van der Waals surface area contributed by atoms with Crippen LogP contribution >= 0.6 is 0 Å². The van der Waals surface area contributed by atoms with Crippen molar-refractivity contribution in [3.05, 3.63) is 76.1 Å². The standard InChI is InChI=1S/C16H13FN2O4S/c1-24(23,14-9-7-13(17)8-10-14)18-16(20)11-6-12-4-2-3-5-15(12)19(21)22/h2-11H,1H3/b11-6+. The summed E-state index contributed by atoms with van der Waals surface area (Å²) >= 11 is 0. The number of nitro groups is 1. The van der Waals surface area contributed by atoms with Gasteiger partial charge in [0.1, 0.15) is 5.82 Å². The molecule has 6 nitrogen and oxygen atoms in total. The van der Waals surface area contributed by atoms with Gasteiger partial charge in [-0.15, -0.1) is 0 Å². The van der Waals surface area contributed by atoms with Crippen molar-refractivity contribution in [3.63, 3.8) is 0 Å². The van der Waals surface area contributed by atoms with Crippen LogP contribution in [-0.2, 0) is 14.5 Å². The first kappa shape index (κ1) is 17.5. The van der Waals surface area contributed by atoms with Crippen LogP contribution in [0.15, 0.2) is 63.9 Å². The predicted octanol–water partition coefficient (Wildman–Crippen LogP) is 3.43. The molecule has 0 aromatic heterocycles. The second kappa shape index (κ2) is 7.14. The molecule has 8 heteroatoms. The van der Waals surface area contributed by atoms with Crippen molar-refractivity contribution in [3.8, 4) is 0 Å². The third-order valence-corrected chi connectivity index (χ3v) is 4.73. The summed E-state index contributed by atoms with van der Waals surface area (Å²) in [6.45, 7) is 0. The molecule has 124 valence electrons. The molecule has 0 radical (unpaired) electrons. The Hall–Kier alpha value is -2.87. The lowest BCUT2D eigenvalue weighted by atomic mass is 10.1. The van der Waals surface area contributed by atoms with E-state index < -0.39 is 26.4 Å². The van der Waals surface area contributed by atoms with Gasteiger partial charge in [0.2, 0.25) is 0 Å². The molecule has 1 unspecified atom stereocenters. The molecular formula is C16H13FN2O4S. The minimum absolute atomic E-state index is 0.155. The second-order valence-corrected chi connectivity index (χ2v) is 7.09. The van der Waals surface area contributed by atoms with Crippen molar-refractivity contribution >= 4 is 27.4 Å². The fourth-order valence-corrected chi connectivity index (χ4v) is 3.05. The van der Waals surface area contributed by atoms with Crippen molar-refractivity contribution in [2.45, 2.75) is 4.90 Å². The van der Waals surface area contributed by atoms with Crippen LogP contribution < -0.4 is 0 Å². The summed E-state index contributed by atoms with van der Waals surface area (Å²) in [4.78, 5) is 22.4. The zero-order chi connectivity index (χ0) is 17.7. The zero-order valence-corrected chi connectivity index (χ0v) is 13.4. The van der Waals surface area contributed by atoms with E-state index in [1.807, 2.05) is 0 Å². The SMILES string of the molecule is CS(=O)(=NC(=O)/C=C/c1ccccc1[N+](=O)[O-])c1ccc(F)cc1. The first-order valence-electron chi connectivity index (χ1n) is 6.73. The van der Waals surface area contributed by atoms with Gasteiger partial charge in [-0.1, -0.05) is 12.1 Å². The Kier molecular flexibility index (Phi) is 5.20. The van der Waals surface area contributed by atoms with E-state index in [1.165, 1.54) is 42.7 Å². The Morgan fingerprint density at radius 1 is 1.21 bits per heavy atom. The molecule has 0 spiro atoms. The first-order chi connectivity index (χ1) is 11.3. The summed E-state index contributed by atoms with van der Waals surface area (Å²) in [5, 5.41) is 10.9. The Bertz CT molecular complexity index is 929. The van der Waals surface area contributed by atoms with Gasteiger partial charge in [-0.05, 0) is 36.4 Å². The summed E-state index contributed by atoms with van der Waals surface area (Å²) in [6.07, 6.45) is 3.51. The maximum atomic E-state index is 12.9. The first-order valence-corrected chi connectivity index (χ1v) is 8.65. The third-order valence-electron chi connectivity index (χ3n) is 3.05. The van der Waals surface area contributed by atoms with E-state index in [9.17, 15) is 23.5 Å². The van der Waals surface area contributed by atoms with Gasteiger partial charge in [-0.2, -0.15) is 4.36 Å². The number of carbonyl (C=O) groups excluding carboxylic acids is 1. The number of hydrogen-bond acceptors (Lipinski definition) is 4. The van der Waals surface area contributed by atoms with E-state index in [2.05, 4.69) is 4.36 Å². The molecule has 2 aromatic rings. The van der Waals surface area contributed by atoms with E-state index in [0.717, 1.165) is 18.2 Å². The van der Waals surface area contributed by atoms with Crippen LogP contribution in [0.3, 0.4) is 0 Å². The lowest BCUT2D eigenvalue weighted by molar-refractivity contribution is -0.385. The summed E-state index contributed by atoms with van der Waals surface area (Å²) in [5.41, 5.74) is 0.0766. The fourth-order valence-electron chi connectivity index (χ4n) is 1.90. The van der Waals surface area contributed by atoms with Crippen LogP contribution in [0.25, 0.3) is 6.08 Å². The van der Waals surface area contributed by atoms with Crippen LogP contribution in [-0.4, -0.2) is 21.3 Å². The molecule has 1 amide bonds. The quantitative estimate of drug-likeness (QED) is 0.481. The molecule has 1 atom stereocenters. The van der Waals surface area contributed by atoms with Gasteiger partial charge in [0, 0.05) is 23.3 Å². The van der Waals surface area contributed by atoms with Gasteiger partial charge >= 0.3 is 0 Å². The molecule has 0 aliphatic rings. The smallest absolute Gasteiger partial charge is 0.267 e. The number of benzene rings is 2. The molecule has 2 aromatic carbocycles. The second-order valence-electron chi connectivity index (χ2n) is 4.84. The largest absolute Gasteiger partial charge is 0.278 e. The van der Waals surface area contributed by atoms with Crippen molar-refractivity contribution in [2.24, 2.45) is 4.36 Å². The number of amides is 1. The predicted molar refractivity (Wildman–Crippen MR) is 88.3 cm³/mol. The zero-order valence-electron chi connectivity index (χ0n) is 12.6. The van der Waals surface area contributed by atoms with Gasteiger partial charge in [0.25, 0.3) is 11.6 Å². The molecule has 24 heavy (non-hydrogen) atoms. The molecule has 2 rings (SSSR count). The van der Waals surface area contributed by atoms with Crippen molar-refractivity contribution in [1.29, 1.82) is 0 Å². The molecule has 0 bridgehead atoms. The number of hydrogen-bond donors (Lipinski definition) is 0. The monoisotopic (exact) mass is 348 g/mol. The van der Waals surface area contributed by atoms with E-state index in [-0.39, 0.29) is 16.1 Å². The number of nitrogens with zero attached hydrogens (tertiary/aromatic N) is 2. The van der Waals surface area contributed by atoms with Crippen molar-refractivity contribution < 1.29 is 18.3 Å². The highest BCUT2D eigenvalue weighted by atomic mass is 32.2. The highest BCUT2D eigenvalue weighted by Gasteiger charge is 2.11. The number of nitro benzene ring substituents is 1.